The Hall–Kier alpha value is -1.81. The van der Waals surface area contributed by atoms with Gasteiger partial charge >= 0.3 is 0 Å². The Bertz CT molecular complexity index is 777. The van der Waals surface area contributed by atoms with Gasteiger partial charge in [-0.2, -0.15) is 0 Å². The van der Waals surface area contributed by atoms with Crippen molar-refractivity contribution >= 4 is 27.0 Å². The molecule has 0 radical (unpaired) electrons. The number of phenols is 1. The van der Waals surface area contributed by atoms with Crippen molar-refractivity contribution in [2.45, 2.75) is 6.92 Å². The van der Waals surface area contributed by atoms with E-state index < -0.39 is 0 Å². The van der Waals surface area contributed by atoms with Crippen molar-refractivity contribution in [1.82, 2.24) is 9.55 Å². The van der Waals surface area contributed by atoms with E-state index in [4.69, 9.17) is 0 Å². The van der Waals surface area contributed by atoms with Crippen LogP contribution in [0.5, 0.6) is 5.75 Å². The maximum Gasteiger partial charge on any atom is 0.144 e. The van der Waals surface area contributed by atoms with Crippen LogP contribution in [-0.4, -0.2) is 14.7 Å². The lowest BCUT2D eigenvalue weighted by Gasteiger charge is -2.07. The molecule has 0 amide bonds. The summed E-state index contributed by atoms with van der Waals surface area (Å²) in [6.45, 7) is 1.89. The van der Waals surface area contributed by atoms with Crippen molar-refractivity contribution in [3.8, 4) is 17.1 Å². The van der Waals surface area contributed by atoms with Gasteiger partial charge in [-0.15, -0.1) is 0 Å². The zero-order valence-electron chi connectivity index (χ0n) is 10.7. The third kappa shape index (κ3) is 1.92. The Labute approximate surface area is 119 Å². The van der Waals surface area contributed by atoms with Crippen LogP contribution in [0.25, 0.3) is 22.4 Å². The first-order valence-corrected chi connectivity index (χ1v) is 6.78. The number of nitrogens with zero attached hydrogens (tertiary/aromatic N) is 2. The normalized spacial score (nSPS) is 11.1. The molecule has 0 atom stereocenters. The number of halogens is 1. The van der Waals surface area contributed by atoms with Crippen LogP contribution in [0.15, 0.2) is 40.9 Å². The molecule has 1 N–H and O–H groups in total. The first kappa shape index (κ1) is 12.2. The molecule has 0 aliphatic heterocycles. The third-order valence-corrected chi connectivity index (χ3v) is 3.81. The van der Waals surface area contributed by atoms with Gasteiger partial charge < -0.3 is 9.67 Å². The third-order valence-electron chi connectivity index (χ3n) is 3.32. The van der Waals surface area contributed by atoms with E-state index in [0.29, 0.717) is 5.75 Å². The molecule has 4 heteroatoms. The number of benzene rings is 2. The number of hydrogen-bond donors (Lipinski definition) is 1. The molecule has 2 aromatic carbocycles. The Balaban J connectivity index is 2.31. The number of hydrogen-bond acceptors (Lipinski definition) is 2. The number of rotatable bonds is 1. The van der Waals surface area contributed by atoms with Crippen LogP contribution in [0.2, 0.25) is 0 Å². The van der Waals surface area contributed by atoms with E-state index >= 15 is 0 Å². The van der Waals surface area contributed by atoms with Crippen LogP contribution in [0, 0.1) is 6.92 Å². The lowest BCUT2D eigenvalue weighted by molar-refractivity contribution is 0.472. The van der Waals surface area contributed by atoms with Crippen molar-refractivity contribution in [1.29, 1.82) is 0 Å². The smallest absolute Gasteiger partial charge is 0.144 e. The highest BCUT2D eigenvalue weighted by molar-refractivity contribution is 9.10. The van der Waals surface area contributed by atoms with E-state index in [1.807, 2.05) is 54.9 Å². The summed E-state index contributed by atoms with van der Waals surface area (Å²) in [5.41, 5.74) is 3.56. The highest BCUT2D eigenvalue weighted by Crippen LogP contribution is 2.33. The highest BCUT2D eigenvalue weighted by Gasteiger charge is 2.14. The van der Waals surface area contributed by atoms with Crippen molar-refractivity contribution in [2.24, 2.45) is 7.05 Å². The number of para-hydroxylation sites is 1. The van der Waals surface area contributed by atoms with Gasteiger partial charge in [-0.05, 0) is 36.8 Å². The Morgan fingerprint density at radius 1 is 1.21 bits per heavy atom. The van der Waals surface area contributed by atoms with Gasteiger partial charge in [-0.1, -0.05) is 28.1 Å². The number of imidazole rings is 1. The fourth-order valence-corrected chi connectivity index (χ4v) is 2.60. The summed E-state index contributed by atoms with van der Waals surface area (Å²) in [6, 6.07) is 11.7. The maximum atomic E-state index is 10.2. The fraction of sp³-hybridized carbons (Fsp3) is 0.133. The molecule has 3 rings (SSSR count). The molecular weight excluding hydrogens is 304 g/mol. The Morgan fingerprint density at radius 3 is 2.79 bits per heavy atom. The van der Waals surface area contributed by atoms with Gasteiger partial charge in [0, 0.05) is 11.5 Å². The standard InChI is InChI=1S/C15H13BrN2O/c1-9-4-3-5-11(14(9)19)15-17-12-8-10(16)6-7-13(12)18(15)2/h3-8,19H,1-2H3. The predicted octanol–water partition coefficient (Wildman–Crippen LogP) is 4.02. The first-order valence-electron chi connectivity index (χ1n) is 5.99. The van der Waals surface area contributed by atoms with E-state index in [1.165, 1.54) is 0 Å². The average molecular weight is 317 g/mol. The lowest BCUT2D eigenvalue weighted by atomic mass is 10.1. The van der Waals surface area contributed by atoms with Crippen molar-refractivity contribution in [3.63, 3.8) is 0 Å². The van der Waals surface area contributed by atoms with Crippen LogP contribution >= 0.6 is 15.9 Å². The van der Waals surface area contributed by atoms with Crippen LogP contribution in [-0.2, 0) is 7.05 Å². The number of aromatic hydroxyl groups is 1. The molecule has 0 saturated heterocycles. The average Bonchev–Trinajstić information content (AvgIpc) is 2.69. The van der Waals surface area contributed by atoms with Gasteiger partial charge in [0.25, 0.3) is 0 Å². The minimum Gasteiger partial charge on any atom is -0.507 e. The summed E-state index contributed by atoms with van der Waals surface area (Å²) in [4.78, 5) is 4.62. The van der Waals surface area contributed by atoms with E-state index in [-0.39, 0.29) is 0 Å². The molecular formula is C15H13BrN2O. The minimum absolute atomic E-state index is 0.292. The quantitative estimate of drug-likeness (QED) is 0.736. The van der Waals surface area contributed by atoms with Gasteiger partial charge in [0.05, 0.1) is 16.6 Å². The second-order valence-corrected chi connectivity index (χ2v) is 5.51. The molecule has 0 unspecified atom stereocenters. The second kappa shape index (κ2) is 4.38. The summed E-state index contributed by atoms with van der Waals surface area (Å²) < 4.78 is 2.99. The monoisotopic (exact) mass is 316 g/mol. The zero-order valence-corrected chi connectivity index (χ0v) is 12.3. The molecule has 96 valence electrons. The summed E-state index contributed by atoms with van der Waals surface area (Å²) >= 11 is 3.45. The van der Waals surface area contributed by atoms with E-state index in [1.54, 1.807) is 0 Å². The Morgan fingerprint density at radius 2 is 2.00 bits per heavy atom. The minimum atomic E-state index is 0.292. The molecule has 0 aliphatic rings. The molecule has 1 aromatic heterocycles. The van der Waals surface area contributed by atoms with Crippen molar-refractivity contribution in [3.05, 3.63) is 46.4 Å². The van der Waals surface area contributed by atoms with E-state index in [0.717, 1.165) is 32.5 Å². The van der Waals surface area contributed by atoms with Gasteiger partial charge in [-0.25, -0.2) is 4.98 Å². The van der Waals surface area contributed by atoms with Crippen LogP contribution < -0.4 is 0 Å². The van der Waals surface area contributed by atoms with Gasteiger partial charge in [-0.3, -0.25) is 0 Å². The van der Waals surface area contributed by atoms with Crippen LogP contribution in [0.4, 0.5) is 0 Å². The molecule has 0 aliphatic carbocycles. The molecule has 1 heterocycles. The molecule has 19 heavy (non-hydrogen) atoms. The largest absolute Gasteiger partial charge is 0.507 e. The zero-order chi connectivity index (χ0) is 13.6. The van der Waals surface area contributed by atoms with Gasteiger partial charge in [0.2, 0.25) is 0 Å². The molecule has 0 saturated carbocycles. The summed E-state index contributed by atoms with van der Waals surface area (Å²) in [6.07, 6.45) is 0. The van der Waals surface area contributed by atoms with Gasteiger partial charge in [0.1, 0.15) is 11.6 Å². The predicted molar refractivity (Wildman–Crippen MR) is 80.3 cm³/mol. The molecule has 0 fully saturated rings. The van der Waals surface area contributed by atoms with Crippen LogP contribution in [0.1, 0.15) is 5.56 Å². The number of aromatic nitrogens is 2. The van der Waals surface area contributed by atoms with E-state index in [2.05, 4.69) is 20.9 Å². The summed E-state index contributed by atoms with van der Waals surface area (Å²) in [7, 11) is 1.96. The maximum absolute atomic E-state index is 10.2. The van der Waals surface area contributed by atoms with Crippen molar-refractivity contribution in [2.75, 3.05) is 0 Å². The molecule has 0 spiro atoms. The van der Waals surface area contributed by atoms with Crippen LogP contribution in [0.3, 0.4) is 0 Å². The number of aryl methyl sites for hydroxylation is 2. The summed E-state index contributed by atoms with van der Waals surface area (Å²) in [5.74, 6) is 1.06. The fourth-order valence-electron chi connectivity index (χ4n) is 2.25. The lowest BCUT2D eigenvalue weighted by Crippen LogP contribution is -1.93. The number of phenolic OH excluding ortho intramolecular Hbond substituents is 1. The van der Waals surface area contributed by atoms with Gasteiger partial charge in [0.15, 0.2) is 0 Å². The second-order valence-electron chi connectivity index (χ2n) is 4.60. The topological polar surface area (TPSA) is 38.0 Å². The SMILES string of the molecule is Cc1cccc(-c2nc3cc(Br)ccc3n2C)c1O. The molecule has 3 aromatic rings. The molecule has 3 nitrogen and oxygen atoms in total. The first-order chi connectivity index (χ1) is 9.08. The highest BCUT2D eigenvalue weighted by atomic mass is 79.9. The summed E-state index contributed by atoms with van der Waals surface area (Å²) in [5, 5.41) is 10.2. The number of fused-ring (bicyclic) bond motifs is 1. The Kier molecular flexibility index (Phi) is 2.82. The van der Waals surface area contributed by atoms with E-state index in [9.17, 15) is 5.11 Å². The van der Waals surface area contributed by atoms with Crippen molar-refractivity contribution < 1.29 is 5.11 Å². The molecule has 0 bridgehead atoms.